The van der Waals surface area contributed by atoms with Crippen molar-refractivity contribution >= 4 is 34.8 Å². The third kappa shape index (κ3) is 5.10. The molecule has 0 spiro atoms. The third-order valence-electron chi connectivity index (χ3n) is 5.31. The van der Waals surface area contributed by atoms with Crippen LogP contribution in [0.25, 0.3) is 10.6 Å². The van der Waals surface area contributed by atoms with Crippen LogP contribution in [0.2, 0.25) is 0 Å². The van der Waals surface area contributed by atoms with Gasteiger partial charge in [-0.05, 0) is 55.7 Å². The van der Waals surface area contributed by atoms with E-state index in [4.69, 9.17) is 5.11 Å². The van der Waals surface area contributed by atoms with Gasteiger partial charge in [0.05, 0.1) is 11.3 Å². The van der Waals surface area contributed by atoms with E-state index >= 15 is 0 Å². The van der Waals surface area contributed by atoms with Crippen LogP contribution in [0.5, 0.6) is 0 Å². The van der Waals surface area contributed by atoms with Crippen molar-refractivity contribution in [2.24, 2.45) is 0 Å². The van der Waals surface area contributed by atoms with Crippen LogP contribution >= 0.6 is 23.1 Å². The molecule has 0 aliphatic carbocycles. The quantitative estimate of drug-likeness (QED) is 0.424. The van der Waals surface area contributed by atoms with Gasteiger partial charge in [-0.15, -0.1) is 23.1 Å². The predicted molar refractivity (Wildman–Crippen MR) is 121 cm³/mol. The number of aryl methyl sites for hydroxylation is 2. The van der Waals surface area contributed by atoms with Crippen LogP contribution in [0.1, 0.15) is 28.1 Å². The number of benzene rings is 2. The number of thioether (sulfide) groups is 1. The fourth-order valence-corrected chi connectivity index (χ4v) is 5.88. The first kappa shape index (κ1) is 22.7. The van der Waals surface area contributed by atoms with Gasteiger partial charge in [0.15, 0.2) is 0 Å². The molecule has 168 valence electrons. The Bertz CT molecular complexity index is 1130. The highest BCUT2D eigenvalue weighted by Crippen LogP contribution is 2.36. The number of nitrogens with zero attached hydrogens (tertiary/aromatic N) is 2. The lowest BCUT2D eigenvalue weighted by Gasteiger charge is -2.30. The Hall–Kier alpha value is -2.52. The van der Waals surface area contributed by atoms with Gasteiger partial charge in [0.1, 0.15) is 11.6 Å². The van der Waals surface area contributed by atoms with Crippen LogP contribution in [-0.4, -0.2) is 29.1 Å². The lowest BCUT2D eigenvalue weighted by Crippen LogP contribution is -2.34. The fraction of sp³-hybridized carbons (Fsp3) is 0.304. The normalized spacial score (nSPS) is 13.8. The highest BCUT2D eigenvalue weighted by atomic mass is 32.2. The Morgan fingerprint density at radius 2 is 1.97 bits per heavy atom. The molecule has 4 rings (SSSR count). The van der Waals surface area contributed by atoms with Crippen LogP contribution in [0.4, 0.5) is 18.9 Å². The number of carboxylic acids is 1. The molecule has 0 radical (unpaired) electrons. The third-order valence-corrected chi connectivity index (χ3v) is 7.72. The van der Waals surface area contributed by atoms with E-state index in [0.717, 1.165) is 58.2 Å². The first-order valence-corrected chi connectivity index (χ1v) is 11.9. The Morgan fingerprint density at radius 1 is 1.22 bits per heavy atom. The van der Waals surface area contributed by atoms with Gasteiger partial charge in [0, 0.05) is 33.3 Å². The number of thiazole rings is 1. The van der Waals surface area contributed by atoms with E-state index in [1.165, 1.54) is 23.5 Å². The first-order chi connectivity index (χ1) is 15.2. The predicted octanol–water partition coefficient (Wildman–Crippen LogP) is 6.27. The molecule has 32 heavy (non-hydrogen) atoms. The minimum atomic E-state index is -4.35. The Labute approximate surface area is 192 Å². The van der Waals surface area contributed by atoms with E-state index in [-0.39, 0.29) is 6.54 Å². The molecule has 1 aliphatic rings. The van der Waals surface area contributed by atoms with Crippen LogP contribution in [-0.2, 0) is 23.1 Å². The number of anilines is 1. The molecule has 0 saturated carbocycles. The van der Waals surface area contributed by atoms with Gasteiger partial charge in [-0.3, -0.25) is 4.79 Å². The highest BCUT2D eigenvalue weighted by Gasteiger charge is 2.30. The number of hydrogen-bond acceptors (Lipinski definition) is 5. The number of carboxylic acid groups (broad SMARTS) is 1. The second-order valence-corrected chi connectivity index (χ2v) is 9.73. The molecule has 0 amide bonds. The van der Waals surface area contributed by atoms with Gasteiger partial charge < -0.3 is 10.0 Å². The zero-order valence-corrected chi connectivity index (χ0v) is 18.9. The molecule has 3 aromatic rings. The summed E-state index contributed by atoms with van der Waals surface area (Å²) in [5, 5.41) is 9.82. The zero-order chi connectivity index (χ0) is 22.9. The second kappa shape index (κ2) is 9.15. The first-order valence-electron chi connectivity index (χ1n) is 10.1. The number of alkyl halides is 3. The van der Waals surface area contributed by atoms with E-state index in [2.05, 4.69) is 11.1 Å². The van der Waals surface area contributed by atoms with E-state index in [1.807, 2.05) is 24.0 Å². The highest BCUT2D eigenvalue weighted by molar-refractivity contribution is 7.98. The van der Waals surface area contributed by atoms with Crippen molar-refractivity contribution in [3.63, 3.8) is 0 Å². The topological polar surface area (TPSA) is 53.4 Å². The molecule has 0 saturated heterocycles. The molecule has 0 unspecified atom stereocenters. The molecule has 1 aliphatic heterocycles. The second-order valence-electron chi connectivity index (χ2n) is 7.60. The minimum Gasteiger partial charge on any atom is -0.480 e. The summed E-state index contributed by atoms with van der Waals surface area (Å²) in [5.41, 5.74) is 3.04. The summed E-state index contributed by atoms with van der Waals surface area (Å²) in [5.74, 6) is -0.122. The van der Waals surface area contributed by atoms with Gasteiger partial charge in [-0.1, -0.05) is 12.1 Å². The standard InChI is InChI=1S/C23H21F3N2O2S2/c1-14-20(32-22(27-14)15-4-6-17(7-5-15)23(24,25)26)13-31-18-8-9-19-16(11-18)3-2-10-28(19)12-21(29)30/h4-9,11H,2-3,10,12-13H2,1H3,(H,29,30). The molecule has 0 atom stereocenters. The van der Waals surface area contributed by atoms with E-state index in [1.54, 1.807) is 11.8 Å². The number of aliphatic carboxylic acids is 1. The van der Waals surface area contributed by atoms with Gasteiger partial charge in [-0.2, -0.15) is 13.2 Å². The van der Waals surface area contributed by atoms with Crippen molar-refractivity contribution in [2.75, 3.05) is 18.0 Å². The van der Waals surface area contributed by atoms with E-state index in [9.17, 15) is 18.0 Å². The fourth-order valence-electron chi connectivity index (χ4n) is 3.70. The Morgan fingerprint density at radius 3 is 2.66 bits per heavy atom. The number of halogens is 3. The molecule has 4 nitrogen and oxygen atoms in total. The zero-order valence-electron chi connectivity index (χ0n) is 17.3. The lowest BCUT2D eigenvalue weighted by molar-refractivity contribution is -0.137. The number of aromatic nitrogens is 1. The summed E-state index contributed by atoms with van der Waals surface area (Å²) in [6.07, 6.45) is -2.49. The molecule has 0 bridgehead atoms. The molecular weight excluding hydrogens is 457 g/mol. The van der Waals surface area contributed by atoms with Crippen molar-refractivity contribution in [3.8, 4) is 10.6 Å². The van der Waals surface area contributed by atoms with Crippen LogP contribution in [0.3, 0.4) is 0 Å². The number of rotatable bonds is 6. The molecular formula is C23H21F3N2O2S2. The minimum absolute atomic E-state index is 0.00623. The largest absolute Gasteiger partial charge is 0.480 e. The van der Waals surface area contributed by atoms with Gasteiger partial charge in [-0.25, -0.2) is 4.98 Å². The summed E-state index contributed by atoms with van der Waals surface area (Å²) in [6.45, 7) is 2.67. The summed E-state index contributed by atoms with van der Waals surface area (Å²) < 4.78 is 38.4. The van der Waals surface area contributed by atoms with Gasteiger partial charge in [0.2, 0.25) is 0 Å². The summed E-state index contributed by atoms with van der Waals surface area (Å²) >= 11 is 3.17. The van der Waals surface area contributed by atoms with E-state index in [0.29, 0.717) is 16.3 Å². The lowest BCUT2D eigenvalue weighted by atomic mass is 10.0. The van der Waals surface area contributed by atoms with Crippen molar-refractivity contribution in [3.05, 3.63) is 64.2 Å². The van der Waals surface area contributed by atoms with E-state index < -0.39 is 17.7 Å². The SMILES string of the molecule is Cc1nc(-c2ccc(C(F)(F)F)cc2)sc1CSc1ccc2c(c1)CCCN2CC(=O)O. The smallest absolute Gasteiger partial charge is 0.416 e. The van der Waals surface area contributed by atoms with Gasteiger partial charge in [0.25, 0.3) is 0 Å². The summed E-state index contributed by atoms with van der Waals surface area (Å²) in [4.78, 5) is 19.7. The number of hydrogen-bond donors (Lipinski definition) is 1. The Kier molecular flexibility index (Phi) is 6.48. The van der Waals surface area contributed by atoms with Crippen molar-refractivity contribution in [1.82, 2.24) is 4.98 Å². The monoisotopic (exact) mass is 478 g/mol. The Balaban J connectivity index is 1.46. The van der Waals surface area contributed by atoms with Crippen molar-refractivity contribution < 1.29 is 23.1 Å². The molecule has 0 fully saturated rings. The summed E-state index contributed by atoms with van der Waals surface area (Å²) in [6, 6.07) is 11.2. The van der Waals surface area contributed by atoms with Crippen LogP contribution in [0, 0.1) is 6.92 Å². The molecule has 1 N–H and O–H groups in total. The molecule has 9 heteroatoms. The van der Waals surface area contributed by atoms with Crippen molar-refractivity contribution in [1.29, 1.82) is 0 Å². The van der Waals surface area contributed by atoms with Crippen LogP contribution in [0.15, 0.2) is 47.4 Å². The van der Waals surface area contributed by atoms with Crippen molar-refractivity contribution in [2.45, 2.75) is 36.6 Å². The summed E-state index contributed by atoms with van der Waals surface area (Å²) in [7, 11) is 0. The van der Waals surface area contributed by atoms with Crippen LogP contribution < -0.4 is 4.90 Å². The van der Waals surface area contributed by atoms with Gasteiger partial charge >= 0.3 is 12.1 Å². The molecule has 2 heterocycles. The average Bonchev–Trinajstić information content (AvgIpc) is 3.12. The number of carbonyl (C=O) groups is 1. The maximum atomic E-state index is 12.8. The molecule has 2 aromatic carbocycles. The maximum absolute atomic E-state index is 12.8. The maximum Gasteiger partial charge on any atom is 0.416 e. The molecule has 1 aromatic heterocycles. The average molecular weight is 479 g/mol. The number of fused-ring (bicyclic) bond motifs is 1.